The van der Waals surface area contributed by atoms with E-state index in [1.165, 1.54) is 47.2 Å². The van der Waals surface area contributed by atoms with Crippen LogP contribution < -0.4 is 10.2 Å². The van der Waals surface area contributed by atoms with Crippen LogP contribution in [0.3, 0.4) is 0 Å². The van der Waals surface area contributed by atoms with Gasteiger partial charge in [-0.3, -0.25) is 14.5 Å². The predicted molar refractivity (Wildman–Crippen MR) is 113 cm³/mol. The van der Waals surface area contributed by atoms with E-state index in [4.69, 9.17) is 4.74 Å². The summed E-state index contributed by atoms with van der Waals surface area (Å²) in [4.78, 5) is 44.4. The molecule has 0 bridgehead atoms. The Kier molecular flexibility index (Phi) is 5.48. The summed E-state index contributed by atoms with van der Waals surface area (Å²) in [5.41, 5.74) is -0.288. The molecule has 1 aliphatic heterocycles. The molecule has 3 aromatic rings. The number of imidazole rings is 1. The van der Waals surface area contributed by atoms with E-state index in [1.54, 1.807) is 6.92 Å². The molecule has 32 heavy (non-hydrogen) atoms. The molecule has 0 spiro atoms. The highest BCUT2D eigenvalue weighted by Gasteiger charge is 2.49. The van der Waals surface area contributed by atoms with E-state index in [0.717, 1.165) is 5.56 Å². The summed E-state index contributed by atoms with van der Waals surface area (Å²) in [6.07, 6.45) is 1.34. The van der Waals surface area contributed by atoms with E-state index in [1.807, 2.05) is 30.3 Å². The van der Waals surface area contributed by atoms with Crippen molar-refractivity contribution in [2.45, 2.75) is 25.6 Å². The molecular weight excluding hydrogens is 415 g/mol. The molecule has 0 fully saturated rings. The number of hydrogen-bond acceptors (Lipinski definition) is 5. The van der Waals surface area contributed by atoms with Crippen molar-refractivity contribution in [1.82, 2.24) is 14.9 Å². The molecule has 164 valence electrons. The van der Waals surface area contributed by atoms with Gasteiger partial charge < -0.3 is 14.6 Å². The lowest BCUT2D eigenvalue weighted by molar-refractivity contribution is -0.126. The van der Waals surface area contributed by atoms with Crippen molar-refractivity contribution in [2.24, 2.45) is 0 Å². The number of anilines is 1. The first kappa shape index (κ1) is 21.2. The fourth-order valence-corrected chi connectivity index (χ4v) is 3.84. The highest BCUT2D eigenvalue weighted by molar-refractivity contribution is 6.15. The first-order valence-corrected chi connectivity index (χ1v) is 9.91. The van der Waals surface area contributed by atoms with Crippen LogP contribution in [-0.2, 0) is 22.6 Å². The van der Waals surface area contributed by atoms with Gasteiger partial charge in [0, 0.05) is 12.2 Å². The Balaban J connectivity index is 1.75. The first-order valence-electron chi connectivity index (χ1n) is 9.91. The summed E-state index contributed by atoms with van der Waals surface area (Å²) in [5.74, 6) is -2.26. The van der Waals surface area contributed by atoms with Gasteiger partial charge in [-0.15, -0.1) is 0 Å². The molecule has 1 atom stereocenters. The van der Waals surface area contributed by atoms with Gasteiger partial charge in [0.2, 0.25) is 5.91 Å². The number of amides is 2. The second kappa shape index (κ2) is 8.26. The molecule has 1 aliphatic rings. The molecule has 1 unspecified atom stereocenters. The van der Waals surface area contributed by atoms with E-state index < -0.39 is 29.1 Å². The third kappa shape index (κ3) is 3.62. The zero-order valence-corrected chi connectivity index (χ0v) is 17.5. The van der Waals surface area contributed by atoms with Crippen LogP contribution in [0.4, 0.5) is 10.1 Å². The molecule has 0 saturated carbocycles. The summed E-state index contributed by atoms with van der Waals surface area (Å²) in [6.45, 7) is 1.93. The van der Waals surface area contributed by atoms with E-state index in [-0.39, 0.29) is 24.5 Å². The summed E-state index contributed by atoms with van der Waals surface area (Å²) >= 11 is 0. The largest absolute Gasteiger partial charge is 0.464 e. The third-order valence-electron chi connectivity index (χ3n) is 5.46. The first-order chi connectivity index (χ1) is 15.3. The Hall–Kier alpha value is -4.01. The van der Waals surface area contributed by atoms with Crippen LogP contribution in [0.5, 0.6) is 0 Å². The molecule has 2 heterocycles. The molecule has 9 heteroatoms. The summed E-state index contributed by atoms with van der Waals surface area (Å²) in [5, 5.41) is 2.88. The SMILES string of the molecule is COC(=O)c1ncn2c1C(=O)N(c1ccc(F)cc1)C(C)(C(=O)NCc1ccccc1)C2. The Morgan fingerprint density at radius 2 is 1.84 bits per heavy atom. The van der Waals surface area contributed by atoms with Gasteiger partial charge in [-0.25, -0.2) is 14.2 Å². The number of ether oxygens (including phenoxy) is 1. The van der Waals surface area contributed by atoms with Gasteiger partial charge in [-0.05, 0) is 36.8 Å². The Bertz CT molecular complexity index is 1180. The minimum absolute atomic E-state index is 0.00880. The molecular formula is C23H21FN4O4. The maximum absolute atomic E-state index is 13.6. The van der Waals surface area contributed by atoms with Crippen molar-refractivity contribution in [3.8, 4) is 0 Å². The van der Waals surface area contributed by atoms with Gasteiger partial charge in [0.25, 0.3) is 5.91 Å². The summed E-state index contributed by atoms with van der Waals surface area (Å²) < 4.78 is 19.8. The molecule has 0 radical (unpaired) electrons. The molecule has 0 saturated heterocycles. The van der Waals surface area contributed by atoms with Gasteiger partial charge >= 0.3 is 5.97 Å². The number of benzene rings is 2. The monoisotopic (exact) mass is 436 g/mol. The molecule has 2 amide bonds. The number of halogens is 1. The van der Waals surface area contributed by atoms with Crippen molar-refractivity contribution in [3.63, 3.8) is 0 Å². The van der Waals surface area contributed by atoms with Gasteiger partial charge in [0.1, 0.15) is 17.1 Å². The number of aromatic nitrogens is 2. The van der Waals surface area contributed by atoms with Crippen LogP contribution in [0, 0.1) is 5.82 Å². The molecule has 1 N–H and O–H groups in total. The minimum Gasteiger partial charge on any atom is -0.464 e. The van der Waals surface area contributed by atoms with E-state index in [2.05, 4.69) is 10.3 Å². The number of carbonyl (C=O) groups excluding carboxylic acids is 3. The average molecular weight is 436 g/mol. The normalized spacial score (nSPS) is 17.6. The van der Waals surface area contributed by atoms with Crippen molar-refractivity contribution < 1.29 is 23.5 Å². The van der Waals surface area contributed by atoms with Crippen molar-refractivity contribution in [1.29, 1.82) is 0 Å². The predicted octanol–water partition coefficient (Wildman–Crippen LogP) is 2.54. The lowest BCUT2D eigenvalue weighted by Gasteiger charge is -2.43. The lowest BCUT2D eigenvalue weighted by atomic mass is 9.93. The van der Waals surface area contributed by atoms with Gasteiger partial charge in [0.15, 0.2) is 5.69 Å². The number of nitrogens with one attached hydrogen (secondary N) is 1. The van der Waals surface area contributed by atoms with Crippen LogP contribution in [-0.4, -0.2) is 40.0 Å². The second-order valence-corrected chi connectivity index (χ2v) is 7.62. The van der Waals surface area contributed by atoms with Crippen LogP contribution in [0.15, 0.2) is 60.9 Å². The Labute approximate surface area is 183 Å². The van der Waals surface area contributed by atoms with Crippen molar-refractivity contribution in [3.05, 3.63) is 83.7 Å². The summed E-state index contributed by atoms with van der Waals surface area (Å²) in [6, 6.07) is 14.6. The van der Waals surface area contributed by atoms with Crippen molar-refractivity contribution >= 4 is 23.5 Å². The number of methoxy groups -OCH3 is 1. The van der Waals surface area contributed by atoms with E-state index in [0.29, 0.717) is 5.69 Å². The van der Waals surface area contributed by atoms with Crippen LogP contribution in [0.1, 0.15) is 33.5 Å². The zero-order chi connectivity index (χ0) is 22.9. The fraction of sp³-hybridized carbons (Fsp3) is 0.217. The number of esters is 1. The van der Waals surface area contributed by atoms with Crippen molar-refractivity contribution in [2.75, 3.05) is 12.0 Å². The maximum Gasteiger partial charge on any atom is 0.359 e. The smallest absolute Gasteiger partial charge is 0.359 e. The zero-order valence-electron chi connectivity index (χ0n) is 17.5. The van der Waals surface area contributed by atoms with Crippen LogP contribution in [0.25, 0.3) is 0 Å². The third-order valence-corrected chi connectivity index (χ3v) is 5.46. The quantitative estimate of drug-likeness (QED) is 0.621. The molecule has 4 rings (SSSR count). The molecule has 0 aliphatic carbocycles. The van der Waals surface area contributed by atoms with E-state index in [9.17, 15) is 18.8 Å². The second-order valence-electron chi connectivity index (χ2n) is 7.62. The number of carbonyl (C=O) groups is 3. The van der Waals surface area contributed by atoms with Gasteiger partial charge in [0.05, 0.1) is 20.0 Å². The summed E-state index contributed by atoms with van der Waals surface area (Å²) in [7, 11) is 1.19. The Morgan fingerprint density at radius 1 is 1.16 bits per heavy atom. The number of rotatable bonds is 5. The number of nitrogens with zero attached hydrogens (tertiary/aromatic N) is 3. The molecule has 8 nitrogen and oxygen atoms in total. The topological polar surface area (TPSA) is 93.5 Å². The van der Waals surface area contributed by atoms with Gasteiger partial charge in [-0.1, -0.05) is 30.3 Å². The van der Waals surface area contributed by atoms with E-state index >= 15 is 0 Å². The van der Waals surface area contributed by atoms with Gasteiger partial charge in [-0.2, -0.15) is 0 Å². The fourth-order valence-electron chi connectivity index (χ4n) is 3.84. The maximum atomic E-state index is 13.6. The highest BCUT2D eigenvalue weighted by atomic mass is 19.1. The minimum atomic E-state index is -1.37. The van der Waals surface area contributed by atoms with Crippen LogP contribution in [0.2, 0.25) is 0 Å². The highest BCUT2D eigenvalue weighted by Crippen LogP contribution is 2.34. The standard InChI is InChI=1S/C23H21FN4O4/c1-23(22(31)25-12-15-6-4-3-5-7-15)13-27-14-26-18(21(30)32-2)19(27)20(29)28(23)17-10-8-16(24)9-11-17/h3-11,14H,12-13H2,1-2H3,(H,25,31). The lowest BCUT2D eigenvalue weighted by Crippen LogP contribution is -2.64. The molecule has 2 aromatic carbocycles. The molecule has 1 aromatic heterocycles. The Morgan fingerprint density at radius 3 is 2.50 bits per heavy atom. The number of hydrogen-bond donors (Lipinski definition) is 1. The van der Waals surface area contributed by atoms with Crippen LogP contribution >= 0.6 is 0 Å². The average Bonchev–Trinajstić information content (AvgIpc) is 3.22. The number of fused-ring (bicyclic) bond motifs is 1.